The van der Waals surface area contributed by atoms with E-state index < -0.39 is 4.92 Å². The molecule has 3 aromatic carbocycles. The van der Waals surface area contributed by atoms with Gasteiger partial charge in [0.2, 0.25) is 11.8 Å². The molecule has 0 radical (unpaired) electrons. The van der Waals surface area contributed by atoms with Crippen molar-refractivity contribution in [3.63, 3.8) is 0 Å². The van der Waals surface area contributed by atoms with Gasteiger partial charge in [0, 0.05) is 18.5 Å². The number of rotatable bonds is 7. The predicted octanol–water partition coefficient (Wildman–Crippen LogP) is 5.29. The van der Waals surface area contributed by atoms with Gasteiger partial charge in [-0.25, -0.2) is 4.90 Å². The van der Waals surface area contributed by atoms with E-state index in [1.807, 2.05) is 72.8 Å². The SMILES string of the molecule is O=C1C2CC=CCC2C(=O)N1c1ccc(NCC(c2ccccc2)c2ccccc2)c([N+](=O)[O-])c1. The topological polar surface area (TPSA) is 92.6 Å². The summed E-state index contributed by atoms with van der Waals surface area (Å²) in [6.45, 7) is 0.436. The van der Waals surface area contributed by atoms with Gasteiger partial charge in [0.1, 0.15) is 5.69 Å². The van der Waals surface area contributed by atoms with Crippen LogP contribution in [0.25, 0.3) is 0 Å². The second kappa shape index (κ2) is 9.54. The van der Waals surface area contributed by atoms with Gasteiger partial charge in [0.15, 0.2) is 0 Å². The molecule has 5 rings (SSSR count). The number of anilines is 2. The number of fused-ring (bicyclic) bond motifs is 1. The van der Waals surface area contributed by atoms with E-state index in [1.54, 1.807) is 12.1 Å². The van der Waals surface area contributed by atoms with Crippen LogP contribution in [0.15, 0.2) is 91.0 Å². The number of nitrogens with zero attached hydrogens (tertiary/aromatic N) is 2. The smallest absolute Gasteiger partial charge is 0.294 e. The lowest BCUT2D eigenvalue weighted by Crippen LogP contribution is -2.31. The maximum Gasteiger partial charge on any atom is 0.294 e. The molecule has 1 aliphatic heterocycles. The average Bonchev–Trinajstić information content (AvgIpc) is 3.15. The minimum Gasteiger partial charge on any atom is -0.379 e. The fourth-order valence-corrected chi connectivity index (χ4v) is 5.03. The number of nitro benzene ring substituents is 1. The third kappa shape index (κ3) is 4.33. The molecule has 3 aromatic rings. The second-order valence-electron chi connectivity index (χ2n) is 8.88. The molecule has 7 heteroatoms. The summed E-state index contributed by atoms with van der Waals surface area (Å²) in [5.41, 5.74) is 2.60. The first-order valence-electron chi connectivity index (χ1n) is 11.7. The first kappa shape index (κ1) is 22.5. The summed E-state index contributed by atoms with van der Waals surface area (Å²) < 4.78 is 0. The second-order valence-corrected chi connectivity index (χ2v) is 8.88. The molecule has 0 spiro atoms. The van der Waals surface area contributed by atoms with Gasteiger partial charge in [-0.2, -0.15) is 0 Å². The third-order valence-corrected chi connectivity index (χ3v) is 6.84. The summed E-state index contributed by atoms with van der Waals surface area (Å²) >= 11 is 0. The number of carbonyl (C=O) groups excluding carboxylic acids is 2. The highest BCUT2D eigenvalue weighted by Gasteiger charge is 2.48. The summed E-state index contributed by atoms with van der Waals surface area (Å²) in [5, 5.41) is 15.2. The lowest BCUT2D eigenvalue weighted by molar-refractivity contribution is -0.383. The molecule has 2 aliphatic rings. The molecule has 0 saturated carbocycles. The molecule has 35 heavy (non-hydrogen) atoms. The molecular formula is C28H25N3O4. The Morgan fingerprint density at radius 3 is 1.91 bits per heavy atom. The zero-order valence-corrected chi connectivity index (χ0v) is 19.0. The third-order valence-electron chi connectivity index (χ3n) is 6.84. The Kier molecular flexibility index (Phi) is 6.14. The van der Waals surface area contributed by atoms with E-state index in [-0.39, 0.29) is 40.9 Å². The lowest BCUT2D eigenvalue weighted by atomic mass is 9.85. The number of amides is 2. The minimum absolute atomic E-state index is 0.0194. The van der Waals surface area contributed by atoms with Crippen LogP contribution in [0.1, 0.15) is 29.9 Å². The van der Waals surface area contributed by atoms with E-state index in [0.717, 1.165) is 16.0 Å². The molecule has 176 valence electrons. The van der Waals surface area contributed by atoms with Gasteiger partial charge >= 0.3 is 0 Å². The zero-order valence-electron chi connectivity index (χ0n) is 19.0. The van der Waals surface area contributed by atoms with E-state index in [4.69, 9.17) is 0 Å². The largest absolute Gasteiger partial charge is 0.379 e. The Labute approximate surface area is 203 Å². The maximum absolute atomic E-state index is 12.9. The van der Waals surface area contributed by atoms with Crippen LogP contribution in [0.3, 0.4) is 0 Å². The Balaban J connectivity index is 1.42. The van der Waals surface area contributed by atoms with E-state index in [1.165, 1.54) is 6.07 Å². The van der Waals surface area contributed by atoms with E-state index >= 15 is 0 Å². The summed E-state index contributed by atoms with van der Waals surface area (Å²) in [7, 11) is 0. The molecule has 1 fully saturated rings. The van der Waals surface area contributed by atoms with Crippen molar-refractivity contribution >= 4 is 28.9 Å². The Morgan fingerprint density at radius 2 is 1.40 bits per heavy atom. The predicted molar refractivity (Wildman–Crippen MR) is 134 cm³/mol. The van der Waals surface area contributed by atoms with Crippen molar-refractivity contribution < 1.29 is 14.5 Å². The van der Waals surface area contributed by atoms with Crippen LogP contribution in [-0.2, 0) is 9.59 Å². The van der Waals surface area contributed by atoms with Crippen LogP contribution in [0.4, 0.5) is 17.1 Å². The molecule has 2 atom stereocenters. The van der Waals surface area contributed by atoms with Crippen molar-refractivity contribution in [2.24, 2.45) is 11.8 Å². The summed E-state index contributed by atoms with van der Waals surface area (Å²) in [6, 6.07) is 24.5. The monoisotopic (exact) mass is 467 g/mol. The zero-order chi connectivity index (χ0) is 24.4. The fourth-order valence-electron chi connectivity index (χ4n) is 5.03. The van der Waals surface area contributed by atoms with Crippen molar-refractivity contribution in [3.05, 3.63) is 112 Å². The highest BCUT2D eigenvalue weighted by atomic mass is 16.6. The minimum atomic E-state index is -0.481. The molecule has 2 unspecified atom stereocenters. The van der Waals surface area contributed by atoms with E-state index in [9.17, 15) is 19.7 Å². The molecular weight excluding hydrogens is 442 g/mol. The van der Waals surface area contributed by atoms with Crippen molar-refractivity contribution in [1.29, 1.82) is 0 Å². The van der Waals surface area contributed by atoms with Gasteiger partial charge in [-0.05, 0) is 36.1 Å². The van der Waals surface area contributed by atoms with Gasteiger partial charge in [-0.3, -0.25) is 19.7 Å². The number of nitrogens with one attached hydrogen (secondary N) is 1. The molecule has 2 amide bonds. The fraction of sp³-hybridized carbons (Fsp3) is 0.214. The Bertz CT molecular complexity index is 1220. The van der Waals surface area contributed by atoms with Gasteiger partial charge < -0.3 is 5.32 Å². The van der Waals surface area contributed by atoms with E-state index in [0.29, 0.717) is 25.1 Å². The van der Waals surface area contributed by atoms with Crippen molar-refractivity contribution in [3.8, 4) is 0 Å². The van der Waals surface area contributed by atoms with Crippen molar-refractivity contribution in [2.45, 2.75) is 18.8 Å². The van der Waals surface area contributed by atoms with Crippen LogP contribution in [0, 0.1) is 22.0 Å². The molecule has 1 heterocycles. The lowest BCUT2D eigenvalue weighted by Gasteiger charge is -2.20. The van der Waals surface area contributed by atoms with Crippen LogP contribution in [0.5, 0.6) is 0 Å². The van der Waals surface area contributed by atoms with Crippen LogP contribution >= 0.6 is 0 Å². The standard InChI is InChI=1S/C28H25N3O4/c32-27-22-13-7-8-14-23(22)28(33)30(27)21-15-16-25(26(17-21)31(34)35)29-18-24(19-9-3-1-4-10-19)20-11-5-2-6-12-20/h1-12,15-17,22-24,29H,13-14,18H2. The normalized spacial score (nSPS) is 19.2. The molecule has 7 nitrogen and oxygen atoms in total. The number of hydrogen-bond donors (Lipinski definition) is 1. The molecule has 0 aromatic heterocycles. The first-order valence-corrected chi connectivity index (χ1v) is 11.7. The van der Waals surface area contributed by atoms with Crippen LogP contribution in [0.2, 0.25) is 0 Å². The number of benzene rings is 3. The summed E-state index contributed by atoms with van der Waals surface area (Å²) in [4.78, 5) is 38.5. The van der Waals surface area contributed by atoms with Crippen LogP contribution < -0.4 is 10.2 Å². The molecule has 1 N–H and O–H groups in total. The van der Waals surface area contributed by atoms with Gasteiger partial charge in [-0.15, -0.1) is 0 Å². The summed E-state index contributed by atoms with van der Waals surface area (Å²) in [5.74, 6) is -1.36. The molecule has 1 saturated heterocycles. The van der Waals surface area contributed by atoms with Gasteiger partial charge in [-0.1, -0.05) is 72.8 Å². The number of allylic oxidation sites excluding steroid dienone is 2. The molecule has 0 bridgehead atoms. The van der Waals surface area contributed by atoms with Crippen molar-refractivity contribution in [1.82, 2.24) is 0 Å². The first-order chi connectivity index (χ1) is 17.0. The highest BCUT2D eigenvalue weighted by molar-refractivity contribution is 6.22. The van der Waals surface area contributed by atoms with Crippen molar-refractivity contribution in [2.75, 3.05) is 16.8 Å². The summed E-state index contributed by atoms with van der Waals surface area (Å²) in [6.07, 6.45) is 4.88. The Hall–Kier alpha value is -4.26. The maximum atomic E-state index is 12.9. The molecule has 1 aliphatic carbocycles. The number of imide groups is 1. The number of carbonyl (C=O) groups is 2. The van der Waals surface area contributed by atoms with Gasteiger partial charge in [0.05, 0.1) is 22.4 Å². The quantitative estimate of drug-likeness (QED) is 0.220. The van der Waals surface area contributed by atoms with Crippen LogP contribution in [-0.4, -0.2) is 23.3 Å². The van der Waals surface area contributed by atoms with E-state index in [2.05, 4.69) is 5.32 Å². The number of hydrogen-bond acceptors (Lipinski definition) is 5. The average molecular weight is 468 g/mol. The number of nitro groups is 1. The van der Waals surface area contributed by atoms with Gasteiger partial charge in [0.25, 0.3) is 5.69 Å². The Morgan fingerprint density at radius 1 is 0.857 bits per heavy atom. The highest BCUT2D eigenvalue weighted by Crippen LogP contribution is 2.40.